The number of hydrogen-bond donors (Lipinski definition) is 0. The molecule has 4 rings (SSSR count). The van der Waals surface area contributed by atoms with Crippen LogP contribution < -0.4 is 4.74 Å². The first-order valence-electron chi connectivity index (χ1n) is 8.49. The lowest BCUT2D eigenvalue weighted by atomic mass is 10.1. The number of methoxy groups -OCH3 is 1. The van der Waals surface area contributed by atoms with Gasteiger partial charge in [-0.1, -0.05) is 11.8 Å². The lowest BCUT2D eigenvalue weighted by molar-refractivity contribution is -0.132. The molecule has 3 heterocycles. The van der Waals surface area contributed by atoms with Crippen LogP contribution in [0.5, 0.6) is 5.75 Å². The zero-order chi connectivity index (χ0) is 18.6. The van der Waals surface area contributed by atoms with Gasteiger partial charge in [0, 0.05) is 18.7 Å². The van der Waals surface area contributed by atoms with Crippen molar-refractivity contribution in [2.45, 2.75) is 5.03 Å². The van der Waals surface area contributed by atoms with E-state index in [1.807, 2.05) is 29.2 Å². The van der Waals surface area contributed by atoms with E-state index in [9.17, 15) is 4.79 Å². The molecule has 1 aliphatic heterocycles. The first-order valence-corrected chi connectivity index (χ1v) is 10.3. The Balaban J connectivity index is 1.54. The van der Waals surface area contributed by atoms with Crippen molar-refractivity contribution >= 4 is 39.4 Å². The van der Waals surface area contributed by atoms with E-state index in [-0.39, 0.29) is 5.91 Å². The molecule has 1 aromatic carbocycles. The second kappa shape index (κ2) is 8.20. The Kier molecular flexibility index (Phi) is 5.51. The van der Waals surface area contributed by atoms with Crippen molar-refractivity contribution in [3.05, 3.63) is 30.6 Å². The highest BCUT2D eigenvalue weighted by molar-refractivity contribution is 8.00. The molecule has 0 unspecified atom stereocenters. The minimum Gasteiger partial charge on any atom is -0.497 e. The zero-order valence-electron chi connectivity index (χ0n) is 14.8. The molecule has 1 aliphatic rings. The maximum Gasteiger partial charge on any atom is 0.233 e. The highest BCUT2D eigenvalue weighted by atomic mass is 32.2. The number of hydrogen-bond acceptors (Lipinski definition) is 8. The van der Waals surface area contributed by atoms with Gasteiger partial charge in [-0.3, -0.25) is 4.79 Å². The van der Waals surface area contributed by atoms with Crippen molar-refractivity contribution in [2.75, 3.05) is 39.2 Å². The summed E-state index contributed by atoms with van der Waals surface area (Å²) < 4.78 is 16.0. The normalized spacial score (nSPS) is 14.5. The van der Waals surface area contributed by atoms with Crippen molar-refractivity contribution in [1.82, 2.24) is 19.2 Å². The molecule has 0 aliphatic carbocycles. The van der Waals surface area contributed by atoms with Crippen LogP contribution in [0.15, 0.2) is 35.6 Å². The number of morpholine rings is 1. The third kappa shape index (κ3) is 3.90. The average Bonchev–Trinajstić information content (AvgIpc) is 3.17. The Labute approximate surface area is 164 Å². The summed E-state index contributed by atoms with van der Waals surface area (Å²) in [4.78, 5) is 23.0. The number of thioether (sulfide) groups is 1. The lowest BCUT2D eigenvalue weighted by Gasteiger charge is -2.26. The number of nitrogens with zero attached hydrogens (tertiary/aromatic N) is 4. The molecule has 3 aromatic rings. The van der Waals surface area contributed by atoms with Gasteiger partial charge in [-0.25, -0.2) is 9.97 Å². The summed E-state index contributed by atoms with van der Waals surface area (Å²) in [7, 11) is 1.64. The second-order valence-corrected chi connectivity index (χ2v) is 7.64. The van der Waals surface area contributed by atoms with E-state index in [2.05, 4.69) is 14.3 Å². The van der Waals surface area contributed by atoms with Gasteiger partial charge >= 0.3 is 0 Å². The van der Waals surface area contributed by atoms with E-state index in [0.717, 1.165) is 32.2 Å². The first kappa shape index (κ1) is 18.1. The number of ether oxygens (including phenoxy) is 2. The van der Waals surface area contributed by atoms with Crippen molar-refractivity contribution in [2.24, 2.45) is 0 Å². The van der Waals surface area contributed by atoms with Crippen LogP contribution in [0.1, 0.15) is 0 Å². The van der Waals surface area contributed by atoms with Gasteiger partial charge in [0.1, 0.15) is 33.0 Å². The van der Waals surface area contributed by atoms with Crippen molar-refractivity contribution < 1.29 is 14.3 Å². The number of carbonyl (C=O) groups is 1. The highest BCUT2D eigenvalue weighted by Crippen LogP contribution is 2.34. The topological polar surface area (TPSA) is 77.4 Å². The highest BCUT2D eigenvalue weighted by Gasteiger charge is 2.19. The summed E-state index contributed by atoms with van der Waals surface area (Å²) in [5.74, 6) is 1.25. The zero-order valence-corrected chi connectivity index (χ0v) is 16.4. The van der Waals surface area contributed by atoms with E-state index in [4.69, 9.17) is 9.47 Å². The molecule has 27 heavy (non-hydrogen) atoms. The smallest absolute Gasteiger partial charge is 0.233 e. The quantitative estimate of drug-likeness (QED) is 0.480. The molecule has 9 heteroatoms. The van der Waals surface area contributed by atoms with Crippen LogP contribution in [0.2, 0.25) is 0 Å². The first-order chi connectivity index (χ1) is 13.3. The van der Waals surface area contributed by atoms with Gasteiger partial charge < -0.3 is 14.4 Å². The van der Waals surface area contributed by atoms with Gasteiger partial charge in [-0.05, 0) is 35.8 Å². The number of aromatic nitrogens is 3. The second-order valence-electron chi connectivity index (χ2n) is 5.90. The summed E-state index contributed by atoms with van der Waals surface area (Å²) in [6, 6.07) is 7.73. The molecule has 140 valence electrons. The Morgan fingerprint density at radius 3 is 2.78 bits per heavy atom. The molecule has 0 N–H and O–H groups in total. The summed E-state index contributed by atoms with van der Waals surface area (Å²) in [6.07, 6.45) is 1.53. The third-order valence-corrected chi connectivity index (χ3v) is 6.23. The molecule has 0 bridgehead atoms. The summed E-state index contributed by atoms with van der Waals surface area (Å²) in [6.45, 7) is 2.52. The summed E-state index contributed by atoms with van der Waals surface area (Å²) in [5.41, 5.74) is 2.60. The molecule has 1 fully saturated rings. The molecule has 0 atom stereocenters. The molecule has 1 amide bonds. The Morgan fingerprint density at radius 2 is 2.04 bits per heavy atom. The largest absolute Gasteiger partial charge is 0.497 e. The SMILES string of the molecule is COc1ccc(-c2nsc3c(SCC(=O)N4CCOCC4)ncnc23)cc1. The van der Waals surface area contributed by atoms with Gasteiger partial charge in [0.25, 0.3) is 0 Å². The molecule has 0 spiro atoms. The number of carbonyl (C=O) groups excluding carboxylic acids is 1. The van der Waals surface area contributed by atoms with Crippen LogP contribution in [-0.2, 0) is 9.53 Å². The van der Waals surface area contributed by atoms with E-state index < -0.39 is 0 Å². The Hall–Kier alpha value is -2.23. The summed E-state index contributed by atoms with van der Waals surface area (Å²) in [5, 5.41) is 0.791. The van der Waals surface area contributed by atoms with Crippen LogP contribution in [0.3, 0.4) is 0 Å². The number of fused-ring (bicyclic) bond motifs is 1. The van der Waals surface area contributed by atoms with Crippen molar-refractivity contribution in [1.29, 1.82) is 0 Å². The fraction of sp³-hybridized carbons (Fsp3) is 0.333. The van der Waals surface area contributed by atoms with Gasteiger partial charge in [0.05, 0.1) is 26.1 Å². The van der Waals surface area contributed by atoms with Crippen LogP contribution in [0.25, 0.3) is 21.5 Å². The maximum atomic E-state index is 12.4. The van der Waals surface area contributed by atoms with Crippen LogP contribution in [0.4, 0.5) is 0 Å². The molecular formula is C18H18N4O3S2. The van der Waals surface area contributed by atoms with E-state index in [1.165, 1.54) is 29.6 Å². The monoisotopic (exact) mass is 402 g/mol. The standard InChI is InChI=1S/C18H18N4O3S2/c1-24-13-4-2-12(3-5-13)15-16-17(27-21-15)18(20-11-19-16)26-10-14(23)22-6-8-25-9-7-22/h2-5,11H,6-10H2,1H3. The molecule has 0 radical (unpaired) electrons. The van der Waals surface area contributed by atoms with E-state index in [0.29, 0.717) is 32.1 Å². The van der Waals surface area contributed by atoms with Gasteiger partial charge in [0.2, 0.25) is 5.91 Å². The minimum atomic E-state index is 0.106. The van der Waals surface area contributed by atoms with Gasteiger partial charge in [-0.2, -0.15) is 4.37 Å². The van der Waals surface area contributed by atoms with Crippen molar-refractivity contribution in [3.8, 4) is 17.0 Å². The lowest BCUT2D eigenvalue weighted by Crippen LogP contribution is -2.41. The van der Waals surface area contributed by atoms with Gasteiger partial charge in [-0.15, -0.1) is 0 Å². The van der Waals surface area contributed by atoms with Crippen LogP contribution in [0, 0.1) is 0 Å². The fourth-order valence-electron chi connectivity index (χ4n) is 2.82. The average molecular weight is 403 g/mol. The fourth-order valence-corrected chi connectivity index (χ4v) is 4.64. The van der Waals surface area contributed by atoms with Crippen LogP contribution >= 0.6 is 23.3 Å². The molecule has 0 saturated carbocycles. The third-order valence-electron chi connectivity index (χ3n) is 4.28. The molecule has 7 nitrogen and oxygen atoms in total. The van der Waals surface area contributed by atoms with Crippen LogP contribution in [-0.4, -0.2) is 64.3 Å². The van der Waals surface area contributed by atoms with E-state index in [1.54, 1.807) is 7.11 Å². The predicted molar refractivity (Wildman–Crippen MR) is 105 cm³/mol. The van der Waals surface area contributed by atoms with E-state index >= 15 is 0 Å². The predicted octanol–water partition coefficient (Wildman–Crippen LogP) is 2.71. The number of benzene rings is 1. The van der Waals surface area contributed by atoms with Crippen molar-refractivity contribution in [3.63, 3.8) is 0 Å². The number of amides is 1. The Bertz CT molecular complexity index is 939. The number of rotatable bonds is 5. The molecular weight excluding hydrogens is 384 g/mol. The van der Waals surface area contributed by atoms with Gasteiger partial charge in [0.15, 0.2) is 0 Å². The molecule has 2 aromatic heterocycles. The molecule has 1 saturated heterocycles. The Morgan fingerprint density at radius 1 is 1.26 bits per heavy atom. The minimum absolute atomic E-state index is 0.106. The maximum absolute atomic E-state index is 12.4. The summed E-state index contributed by atoms with van der Waals surface area (Å²) >= 11 is 2.79.